The number of hydrogen-bond donors (Lipinski definition) is 1. The number of carbonyl (C=O) groups is 1. The van der Waals surface area contributed by atoms with Crippen molar-refractivity contribution in [3.63, 3.8) is 0 Å². The maximum absolute atomic E-state index is 12.1. The second-order valence-electron chi connectivity index (χ2n) is 7.35. The van der Waals surface area contributed by atoms with Gasteiger partial charge in [0.25, 0.3) is 5.91 Å². The Morgan fingerprint density at radius 1 is 1.35 bits per heavy atom. The highest BCUT2D eigenvalue weighted by Gasteiger charge is 2.40. The molecule has 2 aliphatic heterocycles. The van der Waals surface area contributed by atoms with Crippen molar-refractivity contribution in [2.24, 2.45) is 0 Å². The number of hydrogen-bond acceptors (Lipinski definition) is 6. The molecule has 2 aromatic heterocycles. The average molecular weight is 375 g/mol. The largest absolute Gasteiger partial charge is 0.355 e. The summed E-state index contributed by atoms with van der Waals surface area (Å²) < 4.78 is 5.25. The summed E-state index contributed by atoms with van der Waals surface area (Å²) in [5.41, 5.74) is 0.352. The summed E-state index contributed by atoms with van der Waals surface area (Å²) in [5.74, 6) is 0.493. The molecule has 0 aromatic carbocycles. The maximum Gasteiger partial charge on any atom is 0.273 e. The molecule has 4 heterocycles. The van der Waals surface area contributed by atoms with E-state index in [1.54, 1.807) is 17.4 Å². The fourth-order valence-corrected chi connectivity index (χ4v) is 4.72. The Labute approximate surface area is 158 Å². The molecule has 2 aliphatic rings. The summed E-state index contributed by atoms with van der Waals surface area (Å²) in [4.78, 5) is 18.3. The van der Waals surface area contributed by atoms with E-state index in [2.05, 4.69) is 27.3 Å². The van der Waals surface area contributed by atoms with E-state index in [0.717, 1.165) is 29.8 Å². The van der Waals surface area contributed by atoms with E-state index in [0.29, 0.717) is 18.0 Å². The van der Waals surface area contributed by atoms with E-state index in [1.165, 1.54) is 32.5 Å². The molecule has 0 radical (unpaired) electrons. The molecule has 1 N–H and O–H groups in total. The first-order valence-corrected chi connectivity index (χ1v) is 10.3. The smallest absolute Gasteiger partial charge is 0.273 e. The first-order chi connectivity index (χ1) is 12.7. The third kappa shape index (κ3) is 3.84. The van der Waals surface area contributed by atoms with E-state index in [-0.39, 0.29) is 5.91 Å². The zero-order valence-electron chi connectivity index (χ0n) is 15.2. The van der Waals surface area contributed by atoms with E-state index in [9.17, 15) is 4.79 Å². The molecule has 140 valence electrons. The molecule has 2 aromatic rings. The fourth-order valence-electron chi connectivity index (χ4n) is 4.05. The van der Waals surface area contributed by atoms with Crippen LogP contribution in [0.1, 0.15) is 36.2 Å². The van der Waals surface area contributed by atoms with Crippen molar-refractivity contribution in [2.45, 2.75) is 37.8 Å². The van der Waals surface area contributed by atoms with E-state index < -0.39 is 0 Å². The van der Waals surface area contributed by atoms with Crippen LogP contribution in [-0.4, -0.2) is 66.2 Å². The summed E-state index contributed by atoms with van der Waals surface area (Å²) >= 11 is 1.57. The van der Waals surface area contributed by atoms with Crippen molar-refractivity contribution in [3.8, 4) is 10.6 Å². The molecule has 26 heavy (non-hydrogen) atoms. The van der Waals surface area contributed by atoms with Gasteiger partial charge in [-0.15, -0.1) is 11.3 Å². The number of likely N-dealkylation sites (tertiary alicyclic amines) is 2. The van der Waals surface area contributed by atoms with Crippen LogP contribution in [0.5, 0.6) is 0 Å². The van der Waals surface area contributed by atoms with Gasteiger partial charge >= 0.3 is 0 Å². The number of thiophene rings is 1. The van der Waals surface area contributed by atoms with Crippen LogP contribution in [0.4, 0.5) is 0 Å². The number of likely N-dealkylation sites (N-methyl/N-ethyl adjacent to an activating group) is 1. The normalized spacial score (nSPS) is 23.0. The first-order valence-electron chi connectivity index (χ1n) is 9.44. The quantitative estimate of drug-likeness (QED) is 0.720. The van der Waals surface area contributed by atoms with Gasteiger partial charge in [-0.2, -0.15) is 0 Å². The van der Waals surface area contributed by atoms with Crippen molar-refractivity contribution in [2.75, 3.05) is 33.2 Å². The lowest BCUT2D eigenvalue weighted by Gasteiger charge is -2.31. The number of amides is 1. The summed E-state index contributed by atoms with van der Waals surface area (Å²) in [6.07, 6.45) is 4.69. The van der Waals surface area contributed by atoms with Gasteiger partial charge < -0.3 is 14.7 Å². The Morgan fingerprint density at radius 2 is 2.27 bits per heavy atom. The van der Waals surface area contributed by atoms with Crippen molar-refractivity contribution in [3.05, 3.63) is 29.3 Å². The molecule has 6 nitrogen and oxygen atoms in total. The van der Waals surface area contributed by atoms with Crippen LogP contribution < -0.4 is 5.32 Å². The molecule has 1 amide bonds. The molecule has 0 unspecified atom stereocenters. The monoisotopic (exact) mass is 374 g/mol. The summed E-state index contributed by atoms with van der Waals surface area (Å²) in [7, 11) is 2.24. The van der Waals surface area contributed by atoms with Gasteiger partial charge in [0.1, 0.15) is 0 Å². The Morgan fingerprint density at radius 3 is 3.00 bits per heavy atom. The van der Waals surface area contributed by atoms with Gasteiger partial charge in [0.15, 0.2) is 11.5 Å². The predicted molar refractivity (Wildman–Crippen MR) is 102 cm³/mol. The topological polar surface area (TPSA) is 61.6 Å². The van der Waals surface area contributed by atoms with Gasteiger partial charge in [0.05, 0.1) is 4.88 Å². The zero-order chi connectivity index (χ0) is 17.9. The molecule has 2 bridgehead atoms. The fraction of sp³-hybridized carbons (Fsp3) is 0.579. The number of aromatic nitrogens is 1. The Bertz CT molecular complexity index is 728. The lowest BCUT2D eigenvalue weighted by Crippen LogP contribution is -2.44. The highest BCUT2D eigenvalue weighted by atomic mass is 32.1. The number of unbranched alkanes of at least 4 members (excludes halogenated alkanes) is 2. The Kier molecular flexibility index (Phi) is 5.38. The van der Waals surface area contributed by atoms with Crippen LogP contribution in [0.2, 0.25) is 0 Å². The van der Waals surface area contributed by atoms with Crippen LogP contribution in [0.3, 0.4) is 0 Å². The second kappa shape index (κ2) is 7.90. The lowest BCUT2D eigenvalue weighted by molar-refractivity contribution is 0.0943. The third-order valence-electron chi connectivity index (χ3n) is 5.54. The second-order valence-corrected chi connectivity index (χ2v) is 8.30. The molecular weight excluding hydrogens is 348 g/mol. The number of nitrogens with one attached hydrogen (secondary N) is 1. The Balaban J connectivity index is 1.12. The van der Waals surface area contributed by atoms with Crippen LogP contribution in [-0.2, 0) is 0 Å². The third-order valence-corrected chi connectivity index (χ3v) is 6.43. The van der Waals surface area contributed by atoms with Crippen molar-refractivity contribution >= 4 is 17.2 Å². The zero-order valence-corrected chi connectivity index (χ0v) is 16.0. The molecule has 4 rings (SSSR count). The molecular formula is C19H26N4O2S. The molecule has 0 saturated carbocycles. The number of rotatable bonds is 8. The van der Waals surface area contributed by atoms with Gasteiger partial charge in [0, 0.05) is 37.8 Å². The van der Waals surface area contributed by atoms with Crippen LogP contribution in [0.25, 0.3) is 10.6 Å². The number of piperazine rings is 1. The van der Waals surface area contributed by atoms with Crippen molar-refractivity contribution in [1.82, 2.24) is 20.3 Å². The molecule has 0 spiro atoms. The minimum Gasteiger partial charge on any atom is -0.355 e. The van der Waals surface area contributed by atoms with Crippen molar-refractivity contribution in [1.29, 1.82) is 0 Å². The molecule has 2 fully saturated rings. The standard InChI is InChI=1S/C19H26N4O2S/c1-22-12-15-10-14(22)13-23(15)8-4-2-3-7-20-19(24)16-11-17(25-21-16)18-6-5-9-26-18/h5-6,9,11,14-15H,2-4,7-8,10,12-13H2,1H3,(H,20,24)/t14-,15-/m1/s1. The number of fused-ring (bicyclic) bond motifs is 2. The Hall–Kier alpha value is -1.70. The molecule has 2 saturated heterocycles. The number of nitrogens with zero attached hydrogens (tertiary/aromatic N) is 3. The minimum atomic E-state index is -0.156. The predicted octanol–water partition coefficient (Wildman–Crippen LogP) is 2.69. The van der Waals surface area contributed by atoms with E-state index in [4.69, 9.17) is 4.52 Å². The first kappa shape index (κ1) is 17.7. The molecule has 0 aliphatic carbocycles. The summed E-state index contributed by atoms with van der Waals surface area (Å²) in [6.45, 7) is 4.34. The van der Waals surface area contributed by atoms with Gasteiger partial charge in [-0.3, -0.25) is 9.69 Å². The van der Waals surface area contributed by atoms with Crippen LogP contribution in [0, 0.1) is 0 Å². The maximum atomic E-state index is 12.1. The van der Waals surface area contributed by atoms with Crippen molar-refractivity contribution < 1.29 is 9.32 Å². The van der Waals surface area contributed by atoms with E-state index in [1.807, 2.05) is 17.5 Å². The van der Waals surface area contributed by atoms with Gasteiger partial charge in [-0.25, -0.2) is 0 Å². The van der Waals surface area contributed by atoms with E-state index >= 15 is 0 Å². The average Bonchev–Trinajstić information content (AvgIpc) is 3.41. The van der Waals surface area contributed by atoms with Gasteiger partial charge in [-0.1, -0.05) is 17.6 Å². The SMILES string of the molecule is CN1C[C@H]2C[C@@H]1CN2CCCCCNC(=O)c1cc(-c2cccs2)on1. The lowest BCUT2D eigenvalue weighted by atomic mass is 10.2. The van der Waals surface area contributed by atoms with Gasteiger partial charge in [0.2, 0.25) is 0 Å². The highest BCUT2D eigenvalue weighted by molar-refractivity contribution is 7.13. The minimum absolute atomic E-state index is 0.156. The number of carbonyl (C=O) groups excluding carboxylic acids is 1. The molecule has 2 atom stereocenters. The van der Waals surface area contributed by atoms with Crippen LogP contribution in [0.15, 0.2) is 28.1 Å². The molecule has 7 heteroatoms. The van der Waals surface area contributed by atoms with Gasteiger partial charge in [-0.05, 0) is 44.3 Å². The summed E-state index contributed by atoms with van der Waals surface area (Å²) in [5, 5.41) is 8.79. The van der Waals surface area contributed by atoms with Crippen LogP contribution >= 0.6 is 11.3 Å². The highest BCUT2D eigenvalue weighted by Crippen LogP contribution is 2.29. The summed E-state index contributed by atoms with van der Waals surface area (Å²) in [6, 6.07) is 7.17.